The highest BCUT2D eigenvalue weighted by Gasteiger charge is 2.20. The van der Waals surface area contributed by atoms with Crippen molar-refractivity contribution in [3.05, 3.63) is 35.7 Å². The van der Waals surface area contributed by atoms with Gasteiger partial charge in [-0.3, -0.25) is 9.48 Å². The maximum Gasteiger partial charge on any atom is 0.255 e. The van der Waals surface area contributed by atoms with Crippen molar-refractivity contribution in [3.8, 4) is 17.2 Å². The molecule has 0 unspecified atom stereocenters. The number of aryl methyl sites for hydroxylation is 1. The SMILES string of the molecule is COc1ccc(C(=O)NCc2ccnn2C)c(OC)c1OC. The molecule has 0 aliphatic carbocycles. The van der Waals surface area contributed by atoms with E-state index in [0.29, 0.717) is 29.4 Å². The second-order valence-electron chi connectivity index (χ2n) is 4.51. The lowest BCUT2D eigenvalue weighted by Gasteiger charge is -2.15. The van der Waals surface area contributed by atoms with Crippen LogP contribution in [0.25, 0.3) is 0 Å². The summed E-state index contributed by atoms with van der Waals surface area (Å²) in [5, 5.41) is 6.88. The highest BCUT2D eigenvalue weighted by atomic mass is 16.5. The van der Waals surface area contributed by atoms with Crippen molar-refractivity contribution in [1.82, 2.24) is 15.1 Å². The molecule has 1 heterocycles. The lowest BCUT2D eigenvalue weighted by atomic mass is 10.1. The lowest BCUT2D eigenvalue weighted by Crippen LogP contribution is -2.24. The van der Waals surface area contributed by atoms with Crippen LogP contribution in [0.2, 0.25) is 0 Å². The molecule has 0 saturated heterocycles. The minimum absolute atomic E-state index is 0.265. The number of amides is 1. The zero-order valence-corrected chi connectivity index (χ0v) is 13.0. The molecule has 7 nitrogen and oxygen atoms in total. The van der Waals surface area contributed by atoms with Gasteiger partial charge in [0, 0.05) is 13.2 Å². The molecule has 0 fully saturated rings. The molecule has 118 valence electrons. The molecule has 1 N–H and O–H groups in total. The fourth-order valence-corrected chi connectivity index (χ4v) is 2.12. The minimum atomic E-state index is -0.265. The fraction of sp³-hybridized carbons (Fsp3) is 0.333. The third kappa shape index (κ3) is 2.98. The fourth-order valence-electron chi connectivity index (χ4n) is 2.12. The number of benzene rings is 1. The van der Waals surface area contributed by atoms with E-state index < -0.39 is 0 Å². The van der Waals surface area contributed by atoms with Crippen molar-refractivity contribution >= 4 is 5.91 Å². The molecule has 0 spiro atoms. The first-order chi connectivity index (χ1) is 10.6. The van der Waals surface area contributed by atoms with E-state index in [9.17, 15) is 4.79 Å². The van der Waals surface area contributed by atoms with Gasteiger partial charge >= 0.3 is 0 Å². The Kier molecular flexibility index (Phi) is 4.88. The molecule has 0 aliphatic heterocycles. The van der Waals surface area contributed by atoms with Crippen LogP contribution in [0, 0.1) is 0 Å². The predicted octanol–water partition coefficient (Wildman–Crippen LogP) is 1.38. The average molecular weight is 305 g/mol. The van der Waals surface area contributed by atoms with Crippen molar-refractivity contribution in [2.24, 2.45) is 7.05 Å². The number of hydrogen-bond donors (Lipinski definition) is 1. The van der Waals surface area contributed by atoms with Gasteiger partial charge in [0.1, 0.15) is 0 Å². The van der Waals surface area contributed by atoms with Gasteiger partial charge in [-0.1, -0.05) is 0 Å². The Hall–Kier alpha value is -2.70. The molecular formula is C15H19N3O4. The second-order valence-corrected chi connectivity index (χ2v) is 4.51. The molecule has 22 heavy (non-hydrogen) atoms. The third-order valence-corrected chi connectivity index (χ3v) is 3.30. The molecule has 1 aromatic heterocycles. The van der Waals surface area contributed by atoms with Crippen molar-refractivity contribution in [1.29, 1.82) is 0 Å². The van der Waals surface area contributed by atoms with Crippen LogP contribution >= 0.6 is 0 Å². The van der Waals surface area contributed by atoms with Crippen LogP contribution in [0.4, 0.5) is 0 Å². The summed E-state index contributed by atoms with van der Waals surface area (Å²) in [7, 11) is 6.32. The normalized spacial score (nSPS) is 10.2. The van der Waals surface area contributed by atoms with E-state index in [1.54, 1.807) is 23.0 Å². The van der Waals surface area contributed by atoms with E-state index in [2.05, 4.69) is 10.4 Å². The van der Waals surface area contributed by atoms with Crippen molar-refractivity contribution in [3.63, 3.8) is 0 Å². The van der Waals surface area contributed by atoms with Crippen LogP contribution in [-0.2, 0) is 13.6 Å². The highest BCUT2D eigenvalue weighted by molar-refractivity contribution is 5.98. The zero-order chi connectivity index (χ0) is 16.1. The van der Waals surface area contributed by atoms with Crippen LogP contribution in [0.1, 0.15) is 16.1 Å². The van der Waals surface area contributed by atoms with Crippen LogP contribution in [0.3, 0.4) is 0 Å². The number of methoxy groups -OCH3 is 3. The summed E-state index contributed by atoms with van der Waals surface area (Å²) in [4.78, 5) is 12.4. The van der Waals surface area contributed by atoms with Gasteiger partial charge in [0.15, 0.2) is 11.5 Å². The van der Waals surface area contributed by atoms with E-state index >= 15 is 0 Å². The summed E-state index contributed by atoms with van der Waals surface area (Å²) in [5.41, 5.74) is 1.27. The van der Waals surface area contributed by atoms with E-state index in [4.69, 9.17) is 14.2 Å². The van der Waals surface area contributed by atoms with Crippen LogP contribution in [-0.4, -0.2) is 37.0 Å². The Balaban J connectivity index is 2.24. The van der Waals surface area contributed by atoms with Crippen LogP contribution in [0.5, 0.6) is 17.2 Å². The topological polar surface area (TPSA) is 74.6 Å². The van der Waals surface area contributed by atoms with Gasteiger partial charge in [0.05, 0.1) is 39.1 Å². The first kappa shape index (κ1) is 15.7. The van der Waals surface area contributed by atoms with E-state index in [0.717, 1.165) is 5.69 Å². The van der Waals surface area contributed by atoms with Crippen LogP contribution < -0.4 is 19.5 Å². The van der Waals surface area contributed by atoms with Gasteiger partial charge < -0.3 is 19.5 Å². The van der Waals surface area contributed by atoms with Gasteiger partial charge in [0.2, 0.25) is 5.75 Å². The van der Waals surface area contributed by atoms with E-state index in [1.807, 2.05) is 13.1 Å². The number of ether oxygens (including phenoxy) is 3. The molecule has 2 aromatic rings. The second kappa shape index (κ2) is 6.84. The smallest absolute Gasteiger partial charge is 0.255 e. The first-order valence-electron chi connectivity index (χ1n) is 6.66. The van der Waals surface area contributed by atoms with Gasteiger partial charge in [-0.25, -0.2) is 0 Å². The van der Waals surface area contributed by atoms with E-state index in [1.165, 1.54) is 21.3 Å². The van der Waals surface area contributed by atoms with Gasteiger partial charge in [-0.05, 0) is 18.2 Å². The Morgan fingerprint density at radius 1 is 1.14 bits per heavy atom. The Bertz CT molecular complexity index is 667. The molecule has 1 aromatic carbocycles. The molecule has 0 bridgehead atoms. The molecule has 2 rings (SSSR count). The van der Waals surface area contributed by atoms with Crippen molar-refractivity contribution in [2.75, 3.05) is 21.3 Å². The highest BCUT2D eigenvalue weighted by Crippen LogP contribution is 2.39. The summed E-state index contributed by atoms with van der Waals surface area (Å²) in [6.45, 7) is 0.368. The Labute approximate surface area is 128 Å². The average Bonchev–Trinajstić information content (AvgIpc) is 2.95. The maximum absolute atomic E-state index is 12.4. The summed E-state index contributed by atoms with van der Waals surface area (Å²) >= 11 is 0. The zero-order valence-electron chi connectivity index (χ0n) is 13.0. The Morgan fingerprint density at radius 2 is 1.86 bits per heavy atom. The molecule has 0 radical (unpaired) electrons. The molecule has 7 heteroatoms. The van der Waals surface area contributed by atoms with Gasteiger partial charge in [-0.15, -0.1) is 0 Å². The lowest BCUT2D eigenvalue weighted by molar-refractivity contribution is 0.0946. The summed E-state index contributed by atoms with van der Waals surface area (Å²) in [6.07, 6.45) is 1.68. The number of rotatable bonds is 6. The number of nitrogens with zero attached hydrogens (tertiary/aromatic N) is 2. The number of carbonyl (C=O) groups is 1. The third-order valence-electron chi connectivity index (χ3n) is 3.30. The summed E-state index contributed by atoms with van der Waals surface area (Å²) in [6, 6.07) is 5.14. The van der Waals surface area contributed by atoms with Crippen molar-refractivity contribution < 1.29 is 19.0 Å². The molecule has 0 atom stereocenters. The number of hydrogen-bond acceptors (Lipinski definition) is 5. The van der Waals surface area contributed by atoms with Crippen molar-refractivity contribution in [2.45, 2.75) is 6.54 Å². The first-order valence-corrected chi connectivity index (χ1v) is 6.66. The number of carbonyl (C=O) groups excluding carboxylic acids is 1. The van der Waals surface area contributed by atoms with Gasteiger partial charge in [0.25, 0.3) is 5.91 Å². The predicted molar refractivity (Wildman–Crippen MR) is 80.5 cm³/mol. The Morgan fingerprint density at radius 3 is 2.41 bits per heavy atom. The maximum atomic E-state index is 12.4. The monoisotopic (exact) mass is 305 g/mol. The molecule has 1 amide bonds. The van der Waals surface area contributed by atoms with E-state index in [-0.39, 0.29) is 5.91 Å². The number of aromatic nitrogens is 2. The quantitative estimate of drug-likeness (QED) is 0.872. The number of nitrogens with one attached hydrogen (secondary N) is 1. The largest absolute Gasteiger partial charge is 0.493 e. The molecule has 0 saturated carbocycles. The minimum Gasteiger partial charge on any atom is -0.493 e. The molecule has 0 aliphatic rings. The molecular weight excluding hydrogens is 286 g/mol. The summed E-state index contributed by atoms with van der Waals surface area (Å²) in [5.74, 6) is 0.962. The standard InChI is InChI=1S/C15H19N3O4/c1-18-10(7-8-17-18)9-16-15(19)11-5-6-12(20-2)14(22-4)13(11)21-3/h5-8H,9H2,1-4H3,(H,16,19). The van der Waals surface area contributed by atoms with Crippen LogP contribution in [0.15, 0.2) is 24.4 Å². The van der Waals surface area contributed by atoms with Gasteiger partial charge in [-0.2, -0.15) is 5.10 Å². The summed E-state index contributed by atoms with van der Waals surface area (Å²) < 4.78 is 17.5.